The molecule has 0 saturated carbocycles. The molecule has 1 aliphatic heterocycles. The third-order valence-electron chi connectivity index (χ3n) is 4.11. The summed E-state index contributed by atoms with van der Waals surface area (Å²) in [4.78, 5) is 4.67. The van der Waals surface area contributed by atoms with Gasteiger partial charge in [0.25, 0.3) is 0 Å². The maximum Gasteiger partial charge on any atom is 0.119 e. The van der Waals surface area contributed by atoms with Gasteiger partial charge in [-0.2, -0.15) is 0 Å². The Hall–Kier alpha value is -2.06. The molecule has 1 aliphatic rings. The summed E-state index contributed by atoms with van der Waals surface area (Å²) in [6.07, 6.45) is 7.28. The fraction of sp³-hybridized carbons (Fsp3) is 0.286. The number of fused-ring (bicyclic) bond motifs is 1. The lowest BCUT2D eigenvalue weighted by molar-refractivity contribution is 0.309. The molecule has 3 heteroatoms. The summed E-state index contributed by atoms with van der Waals surface area (Å²) in [6.45, 7) is 3.76. The zero-order valence-corrected chi connectivity index (χ0v) is 14.7. The van der Waals surface area contributed by atoms with Gasteiger partial charge in [0, 0.05) is 17.1 Å². The monoisotopic (exact) mass is 339 g/mol. The average Bonchev–Trinajstić information content (AvgIpc) is 2.61. The standard InChI is InChI=1S/C21H22ClNO/c1-2-3-14-24-18-9-10-19-17(15-18)12-13-23-21(19)11-8-16-6-4-5-7-20(16)22/h4-11,15H,2-3,12-14H2,1H3. The van der Waals surface area contributed by atoms with Crippen LogP contribution >= 0.6 is 11.6 Å². The second-order valence-corrected chi connectivity index (χ2v) is 6.30. The van der Waals surface area contributed by atoms with Gasteiger partial charge in [0.15, 0.2) is 0 Å². The van der Waals surface area contributed by atoms with E-state index in [0.29, 0.717) is 0 Å². The lowest BCUT2D eigenvalue weighted by Crippen LogP contribution is -2.11. The van der Waals surface area contributed by atoms with E-state index in [1.165, 1.54) is 11.1 Å². The maximum absolute atomic E-state index is 6.22. The van der Waals surface area contributed by atoms with E-state index in [-0.39, 0.29) is 0 Å². The van der Waals surface area contributed by atoms with Gasteiger partial charge < -0.3 is 4.74 Å². The molecule has 0 amide bonds. The molecule has 2 aromatic rings. The lowest BCUT2D eigenvalue weighted by Gasteiger charge is -2.16. The van der Waals surface area contributed by atoms with Gasteiger partial charge in [0.05, 0.1) is 12.3 Å². The molecular weight excluding hydrogens is 318 g/mol. The van der Waals surface area contributed by atoms with Crippen LogP contribution < -0.4 is 4.74 Å². The van der Waals surface area contributed by atoms with Crippen molar-refractivity contribution in [2.45, 2.75) is 26.2 Å². The number of unbranched alkanes of at least 4 members (excludes halogenated alkanes) is 1. The van der Waals surface area contributed by atoms with Crippen LogP contribution in [0.1, 0.15) is 36.5 Å². The van der Waals surface area contributed by atoms with Gasteiger partial charge in [-0.1, -0.05) is 49.2 Å². The number of ether oxygens (including phenoxy) is 1. The van der Waals surface area contributed by atoms with Crippen LogP contribution in [-0.4, -0.2) is 18.9 Å². The van der Waals surface area contributed by atoms with Gasteiger partial charge in [0.1, 0.15) is 5.75 Å². The van der Waals surface area contributed by atoms with Crippen LogP contribution in [0.4, 0.5) is 0 Å². The summed E-state index contributed by atoms with van der Waals surface area (Å²) >= 11 is 6.22. The van der Waals surface area contributed by atoms with Crippen LogP contribution in [0.2, 0.25) is 5.02 Å². The highest BCUT2D eigenvalue weighted by atomic mass is 35.5. The van der Waals surface area contributed by atoms with Crippen LogP contribution in [0.25, 0.3) is 6.08 Å². The molecule has 0 unspecified atom stereocenters. The number of hydrogen-bond acceptors (Lipinski definition) is 2. The fourth-order valence-corrected chi connectivity index (χ4v) is 2.95. The number of rotatable bonds is 6. The Morgan fingerprint density at radius 2 is 2.04 bits per heavy atom. The molecule has 3 rings (SSSR count). The van der Waals surface area contributed by atoms with Gasteiger partial charge in [-0.05, 0) is 54.3 Å². The summed E-state index contributed by atoms with van der Waals surface area (Å²) in [5.74, 6) is 0.957. The van der Waals surface area contributed by atoms with Crippen LogP contribution in [0.5, 0.6) is 5.75 Å². The first-order valence-electron chi connectivity index (χ1n) is 8.51. The highest BCUT2D eigenvalue weighted by Gasteiger charge is 2.13. The average molecular weight is 340 g/mol. The van der Waals surface area contributed by atoms with Crippen molar-refractivity contribution in [3.05, 3.63) is 70.3 Å². The van der Waals surface area contributed by atoms with Gasteiger partial charge in [-0.25, -0.2) is 0 Å². The molecule has 0 spiro atoms. The molecule has 2 aromatic carbocycles. The Labute approximate surface area is 148 Å². The molecule has 0 saturated heterocycles. The zero-order valence-electron chi connectivity index (χ0n) is 14.0. The first-order valence-corrected chi connectivity index (χ1v) is 8.89. The largest absolute Gasteiger partial charge is 0.494 e. The Morgan fingerprint density at radius 3 is 2.88 bits per heavy atom. The summed E-state index contributed by atoms with van der Waals surface area (Å²) < 4.78 is 5.82. The molecule has 124 valence electrons. The smallest absolute Gasteiger partial charge is 0.119 e. The van der Waals surface area contributed by atoms with Crippen molar-refractivity contribution >= 4 is 23.4 Å². The minimum absolute atomic E-state index is 0.755. The number of allylic oxidation sites excluding steroid dienone is 1. The van der Waals surface area contributed by atoms with Crippen molar-refractivity contribution < 1.29 is 4.74 Å². The van der Waals surface area contributed by atoms with E-state index in [0.717, 1.165) is 54.5 Å². The molecule has 0 radical (unpaired) electrons. The van der Waals surface area contributed by atoms with Gasteiger partial charge in [0.2, 0.25) is 0 Å². The van der Waals surface area contributed by atoms with E-state index in [4.69, 9.17) is 16.3 Å². The van der Waals surface area contributed by atoms with Gasteiger partial charge >= 0.3 is 0 Å². The number of halogens is 1. The predicted molar refractivity (Wildman–Crippen MR) is 102 cm³/mol. The maximum atomic E-state index is 6.22. The van der Waals surface area contributed by atoms with E-state index in [1.807, 2.05) is 36.4 Å². The molecular formula is C21H22ClNO. The van der Waals surface area contributed by atoms with E-state index < -0.39 is 0 Å². The Morgan fingerprint density at radius 1 is 1.17 bits per heavy atom. The van der Waals surface area contributed by atoms with Gasteiger partial charge in [-0.15, -0.1) is 0 Å². The zero-order chi connectivity index (χ0) is 16.8. The molecule has 0 bridgehead atoms. The predicted octanol–water partition coefficient (Wildman–Crippen LogP) is 5.58. The SMILES string of the molecule is CCCCOc1ccc2c(c1)CCN=C2C=Cc1ccccc1Cl. The Kier molecular flexibility index (Phi) is 5.71. The summed E-state index contributed by atoms with van der Waals surface area (Å²) in [6, 6.07) is 14.1. The van der Waals surface area contributed by atoms with Crippen molar-refractivity contribution in [3.8, 4) is 5.75 Å². The normalized spacial score (nSPS) is 13.7. The number of nitrogens with zero attached hydrogens (tertiary/aromatic N) is 1. The summed E-state index contributed by atoms with van der Waals surface area (Å²) in [7, 11) is 0. The molecule has 2 nitrogen and oxygen atoms in total. The van der Waals surface area contributed by atoms with Crippen LogP contribution in [-0.2, 0) is 6.42 Å². The molecule has 24 heavy (non-hydrogen) atoms. The lowest BCUT2D eigenvalue weighted by atomic mass is 9.96. The minimum Gasteiger partial charge on any atom is -0.494 e. The third kappa shape index (κ3) is 4.07. The van der Waals surface area contributed by atoms with Gasteiger partial charge in [-0.3, -0.25) is 4.99 Å². The highest BCUT2D eigenvalue weighted by molar-refractivity contribution is 6.32. The topological polar surface area (TPSA) is 21.6 Å². The highest BCUT2D eigenvalue weighted by Crippen LogP contribution is 2.24. The van der Waals surface area contributed by atoms with Crippen LogP contribution in [0.3, 0.4) is 0 Å². The fourth-order valence-electron chi connectivity index (χ4n) is 2.75. The number of hydrogen-bond donors (Lipinski definition) is 0. The second-order valence-electron chi connectivity index (χ2n) is 5.89. The van der Waals surface area contributed by atoms with Crippen molar-refractivity contribution in [1.82, 2.24) is 0 Å². The molecule has 0 atom stereocenters. The minimum atomic E-state index is 0.755. The van der Waals surface area contributed by atoms with Crippen molar-refractivity contribution in [3.63, 3.8) is 0 Å². The summed E-state index contributed by atoms with van der Waals surface area (Å²) in [5, 5.41) is 0.755. The van der Waals surface area contributed by atoms with Crippen molar-refractivity contribution in [2.24, 2.45) is 4.99 Å². The quantitative estimate of drug-likeness (QED) is 0.630. The molecule has 1 heterocycles. The molecule has 0 aliphatic carbocycles. The summed E-state index contributed by atoms with van der Waals surface area (Å²) in [5.41, 5.74) is 4.51. The van der Waals surface area contributed by atoms with E-state index in [1.54, 1.807) is 0 Å². The molecule has 0 fully saturated rings. The molecule has 0 N–H and O–H groups in total. The first-order chi connectivity index (χ1) is 11.8. The Bertz CT molecular complexity index is 764. The molecule has 0 aromatic heterocycles. The van der Waals surface area contributed by atoms with Crippen molar-refractivity contribution in [2.75, 3.05) is 13.2 Å². The second kappa shape index (κ2) is 8.16. The number of aliphatic imine (C=N–C) groups is 1. The van der Waals surface area contributed by atoms with E-state index in [9.17, 15) is 0 Å². The van der Waals surface area contributed by atoms with Crippen molar-refractivity contribution in [1.29, 1.82) is 0 Å². The van der Waals surface area contributed by atoms with Crippen LogP contribution in [0, 0.1) is 0 Å². The van der Waals surface area contributed by atoms with Crippen LogP contribution in [0.15, 0.2) is 53.5 Å². The first kappa shape index (κ1) is 16.8. The van der Waals surface area contributed by atoms with E-state index in [2.05, 4.69) is 30.1 Å². The third-order valence-corrected chi connectivity index (χ3v) is 4.45. The van der Waals surface area contributed by atoms with E-state index >= 15 is 0 Å². The number of benzene rings is 2. The Balaban J connectivity index is 1.78.